The summed E-state index contributed by atoms with van der Waals surface area (Å²) in [6.45, 7) is 3.05. The minimum absolute atomic E-state index is 0.0447. The molecule has 2 N–H and O–H groups in total. The van der Waals surface area contributed by atoms with Crippen LogP contribution in [0.3, 0.4) is 0 Å². The van der Waals surface area contributed by atoms with Crippen molar-refractivity contribution in [3.05, 3.63) is 33.9 Å². The number of unbranched alkanes of at least 4 members (excludes halogenated alkanes) is 1. The SMILES string of the molecule is CCCCOCc1cc([N+](=O)[O-])ccc1N. The Morgan fingerprint density at radius 1 is 1.50 bits per heavy atom. The van der Waals surface area contributed by atoms with Crippen LogP contribution >= 0.6 is 0 Å². The number of nitrogen functional groups attached to an aromatic ring is 1. The van der Waals surface area contributed by atoms with E-state index in [0.29, 0.717) is 24.5 Å². The van der Waals surface area contributed by atoms with Crippen LogP contribution in [0.2, 0.25) is 0 Å². The van der Waals surface area contributed by atoms with E-state index in [1.807, 2.05) is 0 Å². The van der Waals surface area contributed by atoms with Crippen LogP contribution in [-0.4, -0.2) is 11.5 Å². The number of anilines is 1. The highest BCUT2D eigenvalue weighted by Gasteiger charge is 2.08. The van der Waals surface area contributed by atoms with E-state index in [9.17, 15) is 10.1 Å². The van der Waals surface area contributed by atoms with Gasteiger partial charge in [-0.2, -0.15) is 0 Å². The fourth-order valence-electron chi connectivity index (χ4n) is 1.26. The molecule has 16 heavy (non-hydrogen) atoms. The van der Waals surface area contributed by atoms with E-state index in [2.05, 4.69) is 6.92 Å². The molecule has 1 rings (SSSR count). The van der Waals surface area contributed by atoms with E-state index >= 15 is 0 Å². The predicted octanol–water partition coefficient (Wildman–Crippen LogP) is 2.49. The molecule has 0 aliphatic rings. The number of nitro groups is 1. The molecule has 0 unspecified atom stereocenters. The van der Waals surface area contributed by atoms with Crippen molar-refractivity contribution in [2.45, 2.75) is 26.4 Å². The summed E-state index contributed by atoms with van der Waals surface area (Å²) in [5.74, 6) is 0. The molecule has 0 heterocycles. The predicted molar refractivity (Wildman–Crippen MR) is 62.1 cm³/mol. The molecular weight excluding hydrogens is 208 g/mol. The monoisotopic (exact) mass is 224 g/mol. The molecule has 0 atom stereocenters. The quantitative estimate of drug-likeness (QED) is 0.348. The number of non-ortho nitro benzene ring substituents is 1. The third-order valence-corrected chi connectivity index (χ3v) is 2.24. The molecular formula is C11H16N2O3. The van der Waals surface area contributed by atoms with Gasteiger partial charge in [0.15, 0.2) is 0 Å². The molecule has 0 radical (unpaired) electrons. The molecule has 0 amide bonds. The summed E-state index contributed by atoms with van der Waals surface area (Å²) in [4.78, 5) is 10.1. The average Bonchev–Trinajstić information content (AvgIpc) is 2.26. The fraction of sp³-hybridized carbons (Fsp3) is 0.455. The van der Waals surface area contributed by atoms with Gasteiger partial charge >= 0.3 is 0 Å². The summed E-state index contributed by atoms with van der Waals surface area (Å²) >= 11 is 0. The number of nitrogens with zero attached hydrogens (tertiary/aromatic N) is 1. The van der Waals surface area contributed by atoms with E-state index in [0.717, 1.165) is 12.8 Å². The second-order valence-electron chi connectivity index (χ2n) is 3.55. The van der Waals surface area contributed by atoms with Gasteiger partial charge < -0.3 is 10.5 Å². The minimum atomic E-state index is -0.436. The fourth-order valence-corrected chi connectivity index (χ4v) is 1.26. The minimum Gasteiger partial charge on any atom is -0.398 e. The Bertz CT molecular complexity index is 366. The largest absolute Gasteiger partial charge is 0.398 e. The molecule has 0 aromatic heterocycles. The van der Waals surface area contributed by atoms with Gasteiger partial charge in [-0.1, -0.05) is 13.3 Å². The van der Waals surface area contributed by atoms with Crippen molar-refractivity contribution in [1.82, 2.24) is 0 Å². The summed E-state index contributed by atoms with van der Waals surface area (Å²) in [6.07, 6.45) is 2.04. The molecule has 0 aliphatic carbocycles. The van der Waals surface area contributed by atoms with Crippen molar-refractivity contribution in [3.8, 4) is 0 Å². The Hall–Kier alpha value is -1.62. The highest BCUT2D eigenvalue weighted by atomic mass is 16.6. The lowest BCUT2D eigenvalue weighted by Gasteiger charge is -2.06. The van der Waals surface area contributed by atoms with Gasteiger partial charge in [0, 0.05) is 30.0 Å². The van der Waals surface area contributed by atoms with Crippen molar-refractivity contribution in [2.24, 2.45) is 0 Å². The summed E-state index contributed by atoms with van der Waals surface area (Å²) in [5.41, 5.74) is 6.95. The van der Waals surface area contributed by atoms with Gasteiger partial charge in [-0.05, 0) is 12.5 Å². The summed E-state index contributed by atoms with van der Waals surface area (Å²) in [5, 5.41) is 10.6. The second kappa shape index (κ2) is 6.07. The molecule has 0 fully saturated rings. The zero-order valence-corrected chi connectivity index (χ0v) is 9.31. The number of hydrogen-bond donors (Lipinski definition) is 1. The van der Waals surface area contributed by atoms with E-state index in [4.69, 9.17) is 10.5 Å². The van der Waals surface area contributed by atoms with Crippen molar-refractivity contribution < 1.29 is 9.66 Å². The maximum atomic E-state index is 10.6. The van der Waals surface area contributed by atoms with Gasteiger partial charge in [0.25, 0.3) is 5.69 Å². The molecule has 0 saturated heterocycles. The molecule has 0 spiro atoms. The third kappa shape index (κ3) is 3.51. The normalized spacial score (nSPS) is 10.3. The van der Waals surface area contributed by atoms with Crippen molar-refractivity contribution in [2.75, 3.05) is 12.3 Å². The second-order valence-corrected chi connectivity index (χ2v) is 3.55. The number of nitro benzene ring substituents is 1. The van der Waals surface area contributed by atoms with Gasteiger partial charge in [0.1, 0.15) is 0 Å². The van der Waals surface area contributed by atoms with Gasteiger partial charge in [0.05, 0.1) is 11.5 Å². The average molecular weight is 224 g/mol. The Morgan fingerprint density at radius 3 is 2.88 bits per heavy atom. The number of benzene rings is 1. The van der Waals surface area contributed by atoms with Crippen LogP contribution in [0.1, 0.15) is 25.3 Å². The van der Waals surface area contributed by atoms with E-state index in [1.54, 1.807) is 0 Å². The zero-order valence-electron chi connectivity index (χ0n) is 9.31. The standard InChI is InChI=1S/C11H16N2O3/c1-2-3-6-16-8-9-7-10(13(14)15)4-5-11(9)12/h4-5,7H,2-3,6,8,12H2,1H3. The lowest BCUT2D eigenvalue weighted by atomic mass is 10.1. The molecule has 0 bridgehead atoms. The highest BCUT2D eigenvalue weighted by molar-refractivity contribution is 5.52. The first-order valence-corrected chi connectivity index (χ1v) is 5.25. The number of ether oxygens (including phenoxy) is 1. The molecule has 0 aliphatic heterocycles. The maximum absolute atomic E-state index is 10.6. The maximum Gasteiger partial charge on any atom is 0.269 e. The molecule has 5 nitrogen and oxygen atoms in total. The number of rotatable bonds is 6. The number of hydrogen-bond acceptors (Lipinski definition) is 4. The van der Waals surface area contributed by atoms with Crippen LogP contribution in [0.25, 0.3) is 0 Å². The van der Waals surface area contributed by atoms with Crippen molar-refractivity contribution in [1.29, 1.82) is 0 Å². The van der Waals surface area contributed by atoms with Crippen LogP contribution in [-0.2, 0) is 11.3 Å². The lowest BCUT2D eigenvalue weighted by molar-refractivity contribution is -0.384. The first-order chi connectivity index (χ1) is 7.65. The molecule has 1 aromatic rings. The Labute approximate surface area is 94.4 Å². The van der Waals surface area contributed by atoms with Crippen LogP contribution in [0.5, 0.6) is 0 Å². The Kier molecular flexibility index (Phi) is 4.72. The number of nitrogens with two attached hydrogens (primary N) is 1. The summed E-state index contributed by atoms with van der Waals surface area (Å²) < 4.78 is 5.37. The van der Waals surface area contributed by atoms with Gasteiger partial charge in [-0.15, -0.1) is 0 Å². The van der Waals surface area contributed by atoms with E-state index in [1.165, 1.54) is 18.2 Å². The topological polar surface area (TPSA) is 78.4 Å². The van der Waals surface area contributed by atoms with E-state index < -0.39 is 4.92 Å². The highest BCUT2D eigenvalue weighted by Crippen LogP contribution is 2.20. The van der Waals surface area contributed by atoms with Crippen LogP contribution < -0.4 is 5.73 Å². The Balaban J connectivity index is 2.63. The molecule has 5 heteroatoms. The van der Waals surface area contributed by atoms with Crippen LogP contribution in [0, 0.1) is 10.1 Å². The van der Waals surface area contributed by atoms with Gasteiger partial charge in [0.2, 0.25) is 0 Å². The third-order valence-electron chi connectivity index (χ3n) is 2.24. The Morgan fingerprint density at radius 2 is 2.25 bits per heavy atom. The first kappa shape index (κ1) is 12.4. The molecule has 0 saturated carbocycles. The smallest absolute Gasteiger partial charge is 0.269 e. The van der Waals surface area contributed by atoms with Gasteiger partial charge in [-0.3, -0.25) is 10.1 Å². The molecule has 1 aromatic carbocycles. The van der Waals surface area contributed by atoms with Crippen molar-refractivity contribution in [3.63, 3.8) is 0 Å². The summed E-state index contributed by atoms with van der Waals surface area (Å²) in [6, 6.07) is 4.39. The van der Waals surface area contributed by atoms with Crippen LogP contribution in [0.4, 0.5) is 11.4 Å². The summed E-state index contributed by atoms with van der Waals surface area (Å²) in [7, 11) is 0. The van der Waals surface area contributed by atoms with Gasteiger partial charge in [-0.25, -0.2) is 0 Å². The lowest BCUT2D eigenvalue weighted by Crippen LogP contribution is -2.00. The molecule has 88 valence electrons. The van der Waals surface area contributed by atoms with Crippen LogP contribution in [0.15, 0.2) is 18.2 Å². The van der Waals surface area contributed by atoms with Crippen molar-refractivity contribution >= 4 is 11.4 Å². The zero-order chi connectivity index (χ0) is 12.0. The van der Waals surface area contributed by atoms with E-state index in [-0.39, 0.29) is 5.69 Å². The first-order valence-electron chi connectivity index (χ1n) is 5.25.